The molecule has 4 nitrogen and oxygen atoms in total. The zero-order valence-electron chi connectivity index (χ0n) is 8.50. The number of carbonyl (C=O) groups is 1. The van der Waals surface area contributed by atoms with Crippen LogP contribution in [0.5, 0.6) is 0 Å². The van der Waals surface area contributed by atoms with E-state index in [9.17, 15) is 4.79 Å². The van der Waals surface area contributed by atoms with E-state index in [1.807, 2.05) is 0 Å². The van der Waals surface area contributed by atoms with Crippen LogP contribution in [0.2, 0.25) is 0 Å². The number of carboxylic acids is 1. The molecule has 0 rings (SSSR count). The monoisotopic (exact) mass is 189 g/mol. The van der Waals surface area contributed by atoms with Gasteiger partial charge in [-0.05, 0) is 33.7 Å². The van der Waals surface area contributed by atoms with Gasteiger partial charge in [0, 0.05) is 6.54 Å². The quantitative estimate of drug-likeness (QED) is 0.531. The van der Waals surface area contributed by atoms with Crippen LogP contribution in [-0.2, 0) is 4.79 Å². The fourth-order valence-corrected chi connectivity index (χ4v) is 0.787. The van der Waals surface area contributed by atoms with Crippen molar-refractivity contribution in [2.75, 3.05) is 13.1 Å². The first-order valence-electron chi connectivity index (χ1n) is 4.48. The Morgan fingerprint density at radius 3 is 2.46 bits per heavy atom. The van der Waals surface area contributed by atoms with E-state index in [1.54, 1.807) is 20.8 Å². The molecule has 1 atom stereocenters. The lowest BCUT2D eigenvalue weighted by Gasteiger charge is -2.19. The summed E-state index contributed by atoms with van der Waals surface area (Å²) in [4.78, 5) is 10.7. The van der Waals surface area contributed by atoms with Crippen LogP contribution in [0, 0.1) is 5.41 Å². The lowest BCUT2D eigenvalue weighted by atomic mass is 9.94. The zero-order chi connectivity index (χ0) is 10.5. The van der Waals surface area contributed by atoms with Crippen LogP contribution in [0.3, 0.4) is 0 Å². The average molecular weight is 189 g/mol. The van der Waals surface area contributed by atoms with Crippen LogP contribution in [0.4, 0.5) is 0 Å². The molecule has 0 aliphatic rings. The molecular weight excluding hydrogens is 170 g/mol. The summed E-state index contributed by atoms with van der Waals surface area (Å²) >= 11 is 0. The number of rotatable bonds is 6. The molecule has 0 spiro atoms. The van der Waals surface area contributed by atoms with Crippen molar-refractivity contribution in [1.82, 2.24) is 5.32 Å². The van der Waals surface area contributed by atoms with Crippen LogP contribution in [0.25, 0.3) is 0 Å². The lowest BCUT2D eigenvalue weighted by Crippen LogP contribution is -2.36. The van der Waals surface area contributed by atoms with Gasteiger partial charge in [0.15, 0.2) is 0 Å². The van der Waals surface area contributed by atoms with Gasteiger partial charge in [0.1, 0.15) is 0 Å². The van der Waals surface area contributed by atoms with Crippen molar-refractivity contribution in [2.24, 2.45) is 5.41 Å². The number of aliphatic carboxylic acids is 1. The average Bonchev–Trinajstić information content (AvgIpc) is 1.97. The predicted molar refractivity (Wildman–Crippen MR) is 50.6 cm³/mol. The Kier molecular flexibility index (Phi) is 4.95. The summed E-state index contributed by atoms with van der Waals surface area (Å²) in [6.45, 7) is 6.13. The summed E-state index contributed by atoms with van der Waals surface area (Å²) in [5, 5.41) is 20.7. The first kappa shape index (κ1) is 12.4. The van der Waals surface area contributed by atoms with E-state index in [4.69, 9.17) is 10.2 Å². The summed E-state index contributed by atoms with van der Waals surface area (Å²) in [6, 6.07) is 0. The van der Waals surface area contributed by atoms with Gasteiger partial charge in [-0.2, -0.15) is 0 Å². The van der Waals surface area contributed by atoms with E-state index in [0.29, 0.717) is 19.5 Å². The first-order valence-corrected chi connectivity index (χ1v) is 4.48. The largest absolute Gasteiger partial charge is 0.481 e. The van der Waals surface area contributed by atoms with E-state index >= 15 is 0 Å². The Balaban J connectivity index is 3.58. The van der Waals surface area contributed by atoms with Gasteiger partial charge in [0.05, 0.1) is 11.5 Å². The second-order valence-electron chi connectivity index (χ2n) is 4.00. The molecular formula is C9H19NO3. The molecule has 78 valence electrons. The van der Waals surface area contributed by atoms with Crippen molar-refractivity contribution < 1.29 is 15.0 Å². The molecule has 1 unspecified atom stereocenters. The number of hydrogen-bond donors (Lipinski definition) is 3. The Bertz CT molecular complexity index is 166. The zero-order valence-corrected chi connectivity index (χ0v) is 8.50. The highest BCUT2D eigenvalue weighted by Gasteiger charge is 2.26. The Morgan fingerprint density at radius 2 is 2.08 bits per heavy atom. The molecule has 0 aliphatic carbocycles. The molecule has 3 N–H and O–H groups in total. The summed E-state index contributed by atoms with van der Waals surface area (Å²) in [5.41, 5.74) is -0.737. The number of aliphatic hydroxyl groups is 1. The van der Waals surface area contributed by atoms with Gasteiger partial charge in [0.25, 0.3) is 0 Å². The van der Waals surface area contributed by atoms with Crippen LogP contribution in [0.15, 0.2) is 0 Å². The minimum Gasteiger partial charge on any atom is -0.481 e. The molecule has 0 aromatic heterocycles. The summed E-state index contributed by atoms with van der Waals surface area (Å²) in [5.74, 6) is -0.808. The standard InChI is InChI=1S/C9H19NO3/c1-7(11)4-5-10-6-9(2,3)8(12)13/h7,10-11H,4-6H2,1-3H3,(H,12,13). The van der Waals surface area contributed by atoms with Gasteiger partial charge < -0.3 is 15.5 Å². The van der Waals surface area contributed by atoms with Crippen molar-refractivity contribution in [3.63, 3.8) is 0 Å². The second-order valence-corrected chi connectivity index (χ2v) is 4.00. The Morgan fingerprint density at radius 1 is 1.54 bits per heavy atom. The van der Waals surface area contributed by atoms with Crippen molar-refractivity contribution >= 4 is 5.97 Å². The van der Waals surface area contributed by atoms with Crippen molar-refractivity contribution in [3.05, 3.63) is 0 Å². The SMILES string of the molecule is CC(O)CCNCC(C)(C)C(=O)O. The van der Waals surface area contributed by atoms with E-state index in [-0.39, 0.29) is 6.10 Å². The van der Waals surface area contributed by atoms with Gasteiger partial charge in [-0.25, -0.2) is 0 Å². The molecule has 13 heavy (non-hydrogen) atoms. The normalized spacial score (nSPS) is 14.2. The number of carboxylic acid groups (broad SMARTS) is 1. The van der Waals surface area contributed by atoms with Crippen molar-refractivity contribution in [3.8, 4) is 0 Å². The van der Waals surface area contributed by atoms with E-state index in [2.05, 4.69) is 5.32 Å². The highest BCUT2D eigenvalue weighted by molar-refractivity contribution is 5.73. The van der Waals surface area contributed by atoms with Gasteiger partial charge in [-0.1, -0.05) is 0 Å². The molecule has 0 bridgehead atoms. The smallest absolute Gasteiger partial charge is 0.310 e. The fraction of sp³-hybridized carbons (Fsp3) is 0.889. The van der Waals surface area contributed by atoms with Gasteiger partial charge >= 0.3 is 5.97 Å². The third-order valence-electron chi connectivity index (χ3n) is 1.88. The maximum Gasteiger partial charge on any atom is 0.310 e. The molecule has 0 aromatic rings. The summed E-state index contributed by atoms with van der Waals surface area (Å²) in [7, 11) is 0. The molecule has 0 amide bonds. The van der Waals surface area contributed by atoms with E-state index in [1.165, 1.54) is 0 Å². The molecule has 0 saturated heterocycles. The van der Waals surface area contributed by atoms with Crippen LogP contribution < -0.4 is 5.32 Å². The lowest BCUT2D eigenvalue weighted by molar-refractivity contribution is -0.146. The van der Waals surface area contributed by atoms with Gasteiger partial charge in [-0.15, -0.1) is 0 Å². The van der Waals surface area contributed by atoms with Crippen LogP contribution in [0.1, 0.15) is 27.2 Å². The minimum absolute atomic E-state index is 0.333. The van der Waals surface area contributed by atoms with E-state index in [0.717, 1.165) is 0 Å². The molecule has 0 heterocycles. The summed E-state index contributed by atoms with van der Waals surface area (Å²) < 4.78 is 0. The van der Waals surface area contributed by atoms with Crippen LogP contribution in [-0.4, -0.2) is 35.4 Å². The maximum atomic E-state index is 10.7. The highest BCUT2D eigenvalue weighted by atomic mass is 16.4. The molecule has 0 radical (unpaired) electrons. The minimum atomic E-state index is -0.808. The Hall–Kier alpha value is -0.610. The third kappa shape index (κ3) is 5.60. The van der Waals surface area contributed by atoms with Gasteiger partial charge in [0.2, 0.25) is 0 Å². The fourth-order valence-electron chi connectivity index (χ4n) is 0.787. The topological polar surface area (TPSA) is 69.6 Å². The number of aliphatic hydroxyl groups excluding tert-OH is 1. The molecule has 0 fully saturated rings. The first-order chi connectivity index (χ1) is 5.86. The predicted octanol–water partition coefficient (Wildman–Crippen LogP) is 0.458. The Labute approximate surface area is 79.0 Å². The molecule has 0 aromatic carbocycles. The molecule has 4 heteroatoms. The van der Waals surface area contributed by atoms with E-state index < -0.39 is 11.4 Å². The van der Waals surface area contributed by atoms with Crippen LogP contribution >= 0.6 is 0 Å². The highest BCUT2D eigenvalue weighted by Crippen LogP contribution is 2.12. The third-order valence-corrected chi connectivity index (χ3v) is 1.88. The second kappa shape index (κ2) is 5.19. The number of nitrogens with one attached hydrogen (secondary N) is 1. The number of hydrogen-bond acceptors (Lipinski definition) is 3. The summed E-state index contributed by atoms with van der Waals surface area (Å²) in [6.07, 6.45) is 0.316. The molecule has 0 aliphatic heterocycles. The van der Waals surface area contributed by atoms with Crippen molar-refractivity contribution in [1.29, 1.82) is 0 Å². The van der Waals surface area contributed by atoms with Gasteiger partial charge in [-0.3, -0.25) is 4.79 Å². The van der Waals surface area contributed by atoms with Crippen molar-refractivity contribution in [2.45, 2.75) is 33.3 Å². The maximum absolute atomic E-state index is 10.7. The molecule has 0 saturated carbocycles.